The Morgan fingerprint density at radius 3 is 2.24 bits per heavy atom. The summed E-state index contributed by atoms with van der Waals surface area (Å²) in [6.45, 7) is 4.79. The van der Waals surface area contributed by atoms with Gasteiger partial charge in [-0.25, -0.2) is 0 Å². The first-order valence-electron chi connectivity index (χ1n) is 6.12. The maximum absolute atomic E-state index is 12.3. The molecule has 1 amide bonds. The molecule has 17 heavy (non-hydrogen) atoms. The molecular weight excluding hydrogens is 252 g/mol. The van der Waals surface area contributed by atoms with Crippen LogP contribution >= 0.6 is 24.0 Å². The first-order chi connectivity index (χ1) is 8.05. The van der Waals surface area contributed by atoms with Gasteiger partial charge < -0.3 is 11.1 Å². The summed E-state index contributed by atoms with van der Waals surface area (Å²) in [5.41, 5.74) is 5.17. The number of nitrogens with one attached hydrogen (secondary N) is 1. The number of carbonyl (C=O) groups excluding carboxylic acids is 1. The second-order valence-corrected chi connectivity index (χ2v) is 5.62. The average Bonchev–Trinajstić information content (AvgIpc) is 2.28. The van der Waals surface area contributed by atoms with Crippen LogP contribution in [0.4, 0.5) is 0 Å². The molecule has 3 nitrogen and oxygen atoms in total. The predicted molar refractivity (Wildman–Crippen MR) is 80.4 cm³/mol. The second kappa shape index (κ2) is 8.75. The van der Waals surface area contributed by atoms with Crippen molar-refractivity contribution in [1.82, 2.24) is 5.32 Å². The molecule has 0 aliphatic rings. The molecule has 0 atom stereocenters. The number of rotatable bonds is 9. The molecule has 0 aromatic carbocycles. The highest BCUT2D eigenvalue weighted by molar-refractivity contribution is 7.98. The van der Waals surface area contributed by atoms with Crippen LogP contribution in [0.1, 0.15) is 39.5 Å². The fraction of sp³-hybridized carbons (Fsp3) is 0.833. The van der Waals surface area contributed by atoms with Crippen molar-refractivity contribution < 1.29 is 4.79 Å². The molecule has 0 fully saturated rings. The molecule has 0 rings (SSSR count). The maximum atomic E-state index is 12.3. The summed E-state index contributed by atoms with van der Waals surface area (Å²) in [4.78, 5) is 12.6. The summed E-state index contributed by atoms with van der Waals surface area (Å²) in [5.74, 6) is 0.917. The van der Waals surface area contributed by atoms with Crippen molar-refractivity contribution in [3.05, 3.63) is 0 Å². The third-order valence-corrected chi connectivity index (χ3v) is 3.85. The Hall–Kier alpha value is -0.290. The zero-order valence-electron chi connectivity index (χ0n) is 11.0. The van der Waals surface area contributed by atoms with Crippen molar-refractivity contribution in [1.29, 1.82) is 0 Å². The highest BCUT2D eigenvalue weighted by Crippen LogP contribution is 2.30. The molecule has 0 aromatic heterocycles. The van der Waals surface area contributed by atoms with E-state index in [4.69, 9.17) is 18.0 Å². The van der Waals surface area contributed by atoms with Crippen LogP contribution in [0, 0.1) is 5.41 Å². The molecule has 5 heteroatoms. The second-order valence-electron chi connectivity index (χ2n) is 4.20. The van der Waals surface area contributed by atoms with Gasteiger partial charge in [0.15, 0.2) is 0 Å². The molecule has 3 N–H and O–H groups in total. The normalized spacial score (nSPS) is 11.2. The molecule has 0 aromatic rings. The first-order valence-corrected chi connectivity index (χ1v) is 7.92. The van der Waals surface area contributed by atoms with Gasteiger partial charge >= 0.3 is 0 Å². The predicted octanol–water partition coefficient (Wildman–Crippen LogP) is 2.34. The minimum atomic E-state index is -0.642. The van der Waals surface area contributed by atoms with E-state index in [1.807, 2.05) is 6.26 Å². The summed E-state index contributed by atoms with van der Waals surface area (Å²) >= 11 is 6.84. The number of nitrogens with two attached hydrogens (primary N) is 1. The van der Waals surface area contributed by atoms with Crippen LogP contribution < -0.4 is 11.1 Å². The topological polar surface area (TPSA) is 55.1 Å². The van der Waals surface area contributed by atoms with Gasteiger partial charge in [-0.2, -0.15) is 11.8 Å². The minimum absolute atomic E-state index is 0.00255. The van der Waals surface area contributed by atoms with E-state index < -0.39 is 5.41 Å². The molecule has 0 radical (unpaired) electrons. The van der Waals surface area contributed by atoms with Gasteiger partial charge in [-0.3, -0.25) is 4.79 Å². The highest BCUT2D eigenvalue weighted by Gasteiger charge is 2.39. The quantitative estimate of drug-likeness (QED) is 0.501. The number of amides is 1. The van der Waals surface area contributed by atoms with E-state index >= 15 is 0 Å². The molecule has 0 heterocycles. The molecule has 0 aliphatic carbocycles. The van der Waals surface area contributed by atoms with Gasteiger partial charge in [0.1, 0.15) is 0 Å². The van der Waals surface area contributed by atoms with Gasteiger partial charge in [0.2, 0.25) is 5.91 Å². The fourth-order valence-corrected chi connectivity index (χ4v) is 2.60. The Bertz CT molecular complexity index is 251. The third kappa shape index (κ3) is 4.84. The highest BCUT2D eigenvalue weighted by atomic mass is 32.2. The average molecular weight is 276 g/mol. The third-order valence-electron chi connectivity index (χ3n) is 2.85. The van der Waals surface area contributed by atoms with Gasteiger partial charge in [-0.15, -0.1) is 0 Å². The lowest BCUT2D eigenvalue weighted by Crippen LogP contribution is -2.49. The van der Waals surface area contributed by atoms with Gasteiger partial charge in [0.05, 0.1) is 10.4 Å². The van der Waals surface area contributed by atoms with Gasteiger partial charge in [-0.05, 0) is 19.1 Å². The lowest BCUT2D eigenvalue weighted by atomic mass is 9.78. The van der Waals surface area contributed by atoms with Crippen LogP contribution in [0.25, 0.3) is 0 Å². The van der Waals surface area contributed by atoms with Crippen molar-refractivity contribution in [3.8, 4) is 0 Å². The lowest BCUT2D eigenvalue weighted by Gasteiger charge is -2.31. The molecule has 0 saturated carbocycles. The summed E-state index contributed by atoms with van der Waals surface area (Å²) < 4.78 is 0. The van der Waals surface area contributed by atoms with E-state index in [1.54, 1.807) is 11.8 Å². The van der Waals surface area contributed by atoms with E-state index in [2.05, 4.69) is 19.2 Å². The number of hydrogen-bond donors (Lipinski definition) is 2. The van der Waals surface area contributed by atoms with Crippen molar-refractivity contribution in [2.75, 3.05) is 18.6 Å². The van der Waals surface area contributed by atoms with E-state index in [0.29, 0.717) is 11.5 Å². The number of hydrogen-bond acceptors (Lipinski definition) is 3. The molecule has 100 valence electrons. The van der Waals surface area contributed by atoms with Crippen molar-refractivity contribution in [2.45, 2.75) is 39.5 Å². The van der Waals surface area contributed by atoms with Crippen molar-refractivity contribution in [3.63, 3.8) is 0 Å². The van der Waals surface area contributed by atoms with Crippen LogP contribution in [0.15, 0.2) is 0 Å². The number of carbonyl (C=O) groups is 1. The van der Waals surface area contributed by atoms with Crippen molar-refractivity contribution >= 4 is 34.9 Å². The Kier molecular flexibility index (Phi) is 8.60. The summed E-state index contributed by atoms with van der Waals surface area (Å²) in [7, 11) is 0. The standard InChI is InChI=1S/C12H24N2OS2/c1-4-6-12(7-5-2,10(13)16)11(15)14-8-9-17-3/h4-9H2,1-3H3,(H2,13,16)(H,14,15). The van der Waals surface area contributed by atoms with E-state index in [1.165, 1.54) is 0 Å². The van der Waals surface area contributed by atoms with Crippen LogP contribution in [0.2, 0.25) is 0 Å². The molecule has 0 saturated heterocycles. The Labute approximate surface area is 114 Å². The molecule has 0 bridgehead atoms. The van der Waals surface area contributed by atoms with E-state index in [0.717, 1.165) is 31.4 Å². The molecule has 0 spiro atoms. The van der Waals surface area contributed by atoms with Crippen LogP contribution in [-0.4, -0.2) is 29.4 Å². The van der Waals surface area contributed by atoms with Gasteiger partial charge in [0.25, 0.3) is 0 Å². The SMILES string of the molecule is CCCC(CCC)(C(=O)NCCSC)C(N)=S. The van der Waals surface area contributed by atoms with Crippen LogP contribution in [-0.2, 0) is 4.79 Å². The number of thioether (sulfide) groups is 1. The van der Waals surface area contributed by atoms with Crippen molar-refractivity contribution in [2.24, 2.45) is 11.1 Å². The molecule has 0 aliphatic heterocycles. The summed E-state index contributed by atoms with van der Waals surface area (Å²) in [5, 5.41) is 2.95. The van der Waals surface area contributed by atoms with Gasteiger partial charge in [0, 0.05) is 12.3 Å². The maximum Gasteiger partial charge on any atom is 0.233 e. The number of thiocarbonyl (C=S) groups is 1. The summed E-state index contributed by atoms with van der Waals surface area (Å²) in [6.07, 6.45) is 5.31. The molecular formula is C12H24N2OS2. The fourth-order valence-electron chi connectivity index (χ4n) is 2.00. The zero-order valence-corrected chi connectivity index (χ0v) is 12.7. The van der Waals surface area contributed by atoms with Gasteiger partial charge in [-0.1, -0.05) is 38.9 Å². The minimum Gasteiger partial charge on any atom is -0.392 e. The smallest absolute Gasteiger partial charge is 0.233 e. The van der Waals surface area contributed by atoms with E-state index in [-0.39, 0.29) is 5.91 Å². The largest absolute Gasteiger partial charge is 0.392 e. The Morgan fingerprint density at radius 1 is 1.35 bits per heavy atom. The summed E-state index contributed by atoms with van der Waals surface area (Å²) in [6, 6.07) is 0. The monoisotopic (exact) mass is 276 g/mol. The van der Waals surface area contributed by atoms with Crippen LogP contribution in [0.3, 0.4) is 0 Å². The first kappa shape index (κ1) is 16.7. The zero-order chi connectivity index (χ0) is 13.3. The molecule has 0 unspecified atom stereocenters. The van der Waals surface area contributed by atoms with Crippen LogP contribution in [0.5, 0.6) is 0 Å². The Morgan fingerprint density at radius 2 is 1.88 bits per heavy atom. The van der Waals surface area contributed by atoms with E-state index in [9.17, 15) is 4.79 Å². The Balaban J connectivity index is 4.74. The lowest BCUT2D eigenvalue weighted by molar-refractivity contribution is -0.128.